The van der Waals surface area contributed by atoms with E-state index in [4.69, 9.17) is 0 Å². The summed E-state index contributed by atoms with van der Waals surface area (Å²) in [6.45, 7) is 1.93. The lowest BCUT2D eigenvalue weighted by molar-refractivity contribution is 0.0850. The number of aliphatic hydroxyl groups excluding tert-OH is 1. The summed E-state index contributed by atoms with van der Waals surface area (Å²) in [4.78, 5) is 11.1. The van der Waals surface area contributed by atoms with Gasteiger partial charge >= 0.3 is 0 Å². The lowest BCUT2D eigenvalue weighted by Crippen LogP contribution is -2.17. The van der Waals surface area contributed by atoms with Crippen molar-refractivity contribution in [2.75, 3.05) is 0 Å². The molecule has 0 fully saturated rings. The summed E-state index contributed by atoms with van der Waals surface area (Å²) in [5, 5.41) is 11.8. The Morgan fingerprint density at radius 1 is 1.50 bits per heavy atom. The number of carbonyl (C=O) groups is 1. The quantitative estimate of drug-likeness (QED) is 0.592. The van der Waals surface area contributed by atoms with Crippen molar-refractivity contribution in [3.63, 3.8) is 0 Å². The number of rotatable bonds is 0. The van der Waals surface area contributed by atoms with Gasteiger partial charge < -0.3 is 10.4 Å². The Bertz CT molecular complexity index is 346. The molecule has 1 heterocycles. The summed E-state index contributed by atoms with van der Waals surface area (Å²) < 4.78 is 0. The molecule has 0 saturated carbocycles. The minimum atomic E-state index is -0.826. The average Bonchev–Trinajstić information content (AvgIpc) is 2.28. The fourth-order valence-electron chi connectivity index (χ4n) is 1.39. The number of aryl methyl sites for hydroxylation is 1. The molecule has 0 aromatic heterocycles. The Kier molecular flexibility index (Phi) is 1.41. The molecule has 1 aliphatic rings. The molecule has 2 N–H and O–H groups in total. The maximum absolute atomic E-state index is 11.1. The molecule has 62 valence electrons. The Labute approximate surface area is 70.0 Å². The number of nitrogens with one attached hydrogen (secondary N) is 1. The van der Waals surface area contributed by atoms with Gasteiger partial charge in [0.15, 0.2) is 6.23 Å². The molecule has 0 radical (unpaired) electrons. The van der Waals surface area contributed by atoms with Gasteiger partial charge in [0.25, 0.3) is 5.91 Å². The molecular formula is C9H9NO2. The van der Waals surface area contributed by atoms with E-state index in [0.717, 1.165) is 5.56 Å². The molecule has 1 aromatic rings. The summed E-state index contributed by atoms with van der Waals surface area (Å²) in [7, 11) is 0. The Morgan fingerprint density at radius 3 is 3.00 bits per heavy atom. The molecule has 1 aliphatic heterocycles. The van der Waals surface area contributed by atoms with E-state index in [2.05, 4.69) is 5.32 Å². The number of fused-ring (bicyclic) bond motifs is 1. The molecule has 1 unspecified atom stereocenters. The van der Waals surface area contributed by atoms with Crippen LogP contribution in [0, 0.1) is 6.92 Å². The van der Waals surface area contributed by atoms with Crippen molar-refractivity contribution in [3.8, 4) is 0 Å². The zero-order chi connectivity index (χ0) is 8.72. The van der Waals surface area contributed by atoms with E-state index in [1.54, 1.807) is 6.07 Å². The van der Waals surface area contributed by atoms with Crippen LogP contribution < -0.4 is 5.32 Å². The summed E-state index contributed by atoms with van der Waals surface area (Å²) in [6, 6.07) is 5.41. The summed E-state index contributed by atoms with van der Waals surface area (Å²) in [5.41, 5.74) is 2.30. The first kappa shape index (κ1) is 7.31. The number of aliphatic hydroxyl groups is 1. The maximum atomic E-state index is 11.1. The van der Waals surface area contributed by atoms with E-state index in [1.165, 1.54) is 0 Å². The molecule has 0 spiro atoms. The zero-order valence-corrected chi connectivity index (χ0v) is 6.66. The van der Waals surface area contributed by atoms with Crippen molar-refractivity contribution < 1.29 is 9.90 Å². The molecule has 1 amide bonds. The third-order valence-corrected chi connectivity index (χ3v) is 2.01. The van der Waals surface area contributed by atoms with Crippen LogP contribution in [0.3, 0.4) is 0 Å². The van der Waals surface area contributed by atoms with Crippen molar-refractivity contribution in [1.82, 2.24) is 5.32 Å². The van der Waals surface area contributed by atoms with Crippen LogP contribution in [-0.4, -0.2) is 11.0 Å². The highest BCUT2D eigenvalue weighted by Crippen LogP contribution is 2.23. The summed E-state index contributed by atoms with van der Waals surface area (Å²) >= 11 is 0. The first-order chi connectivity index (χ1) is 5.68. The lowest BCUT2D eigenvalue weighted by Gasteiger charge is -2.02. The topological polar surface area (TPSA) is 49.3 Å². The monoisotopic (exact) mass is 163 g/mol. The van der Waals surface area contributed by atoms with Crippen LogP contribution in [0.5, 0.6) is 0 Å². The Balaban J connectivity index is 2.60. The lowest BCUT2D eigenvalue weighted by atomic mass is 10.1. The predicted molar refractivity (Wildman–Crippen MR) is 43.6 cm³/mol. The molecule has 0 bridgehead atoms. The van der Waals surface area contributed by atoms with Gasteiger partial charge in [-0.25, -0.2) is 0 Å². The Hall–Kier alpha value is -1.35. The second-order valence-corrected chi connectivity index (χ2v) is 2.97. The second-order valence-electron chi connectivity index (χ2n) is 2.97. The highest BCUT2D eigenvalue weighted by atomic mass is 16.3. The highest BCUT2D eigenvalue weighted by Gasteiger charge is 2.25. The van der Waals surface area contributed by atoms with E-state index in [0.29, 0.717) is 11.1 Å². The molecular weight excluding hydrogens is 154 g/mol. The molecule has 0 saturated heterocycles. The molecule has 1 atom stereocenters. The van der Waals surface area contributed by atoms with Crippen molar-refractivity contribution in [1.29, 1.82) is 0 Å². The summed E-state index contributed by atoms with van der Waals surface area (Å²) in [5.74, 6) is -0.197. The van der Waals surface area contributed by atoms with E-state index >= 15 is 0 Å². The van der Waals surface area contributed by atoms with Crippen LogP contribution in [0.4, 0.5) is 0 Å². The van der Waals surface area contributed by atoms with Gasteiger partial charge in [-0.2, -0.15) is 0 Å². The van der Waals surface area contributed by atoms with E-state index < -0.39 is 6.23 Å². The number of benzene rings is 1. The molecule has 3 heteroatoms. The second kappa shape index (κ2) is 2.32. The van der Waals surface area contributed by atoms with Crippen molar-refractivity contribution >= 4 is 5.91 Å². The van der Waals surface area contributed by atoms with Gasteiger partial charge in [0.2, 0.25) is 0 Å². The molecule has 2 rings (SSSR count). The van der Waals surface area contributed by atoms with Crippen LogP contribution >= 0.6 is 0 Å². The van der Waals surface area contributed by atoms with Gasteiger partial charge in [-0.05, 0) is 13.0 Å². The predicted octanol–water partition coefficient (Wildman–Crippen LogP) is 0.729. The Morgan fingerprint density at radius 2 is 2.25 bits per heavy atom. The van der Waals surface area contributed by atoms with Gasteiger partial charge in [-0.3, -0.25) is 4.79 Å². The van der Waals surface area contributed by atoms with Gasteiger partial charge in [0, 0.05) is 11.1 Å². The van der Waals surface area contributed by atoms with Gasteiger partial charge in [-0.1, -0.05) is 17.7 Å². The standard InChI is InChI=1S/C9H9NO2/c1-5-2-3-6-7(4-5)9(12)10-8(6)11/h2-4,9,12H,1H3,(H,10,11). The fraction of sp³-hybridized carbons (Fsp3) is 0.222. The molecule has 12 heavy (non-hydrogen) atoms. The smallest absolute Gasteiger partial charge is 0.253 e. The highest BCUT2D eigenvalue weighted by molar-refractivity contribution is 5.98. The zero-order valence-electron chi connectivity index (χ0n) is 6.66. The summed E-state index contributed by atoms with van der Waals surface area (Å²) in [6.07, 6.45) is -0.826. The largest absolute Gasteiger partial charge is 0.369 e. The molecule has 0 aliphatic carbocycles. The maximum Gasteiger partial charge on any atom is 0.253 e. The van der Waals surface area contributed by atoms with E-state index in [9.17, 15) is 9.90 Å². The van der Waals surface area contributed by atoms with Gasteiger partial charge in [-0.15, -0.1) is 0 Å². The van der Waals surface area contributed by atoms with Crippen LogP contribution in [0.2, 0.25) is 0 Å². The molecule has 3 nitrogen and oxygen atoms in total. The van der Waals surface area contributed by atoms with E-state index in [1.807, 2.05) is 19.1 Å². The fourth-order valence-corrected chi connectivity index (χ4v) is 1.39. The normalized spacial score (nSPS) is 20.5. The number of amides is 1. The van der Waals surface area contributed by atoms with E-state index in [-0.39, 0.29) is 5.91 Å². The third-order valence-electron chi connectivity index (χ3n) is 2.01. The number of hydrogen-bond donors (Lipinski definition) is 2. The van der Waals surface area contributed by atoms with Crippen LogP contribution in [0.25, 0.3) is 0 Å². The van der Waals surface area contributed by atoms with Gasteiger partial charge in [0.05, 0.1) is 0 Å². The minimum absolute atomic E-state index is 0.197. The first-order valence-corrected chi connectivity index (χ1v) is 3.78. The SMILES string of the molecule is Cc1ccc2c(c1)C(O)NC2=O. The van der Waals surface area contributed by atoms with Crippen molar-refractivity contribution in [2.24, 2.45) is 0 Å². The van der Waals surface area contributed by atoms with Gasteiger partial charge in [0.1, 0.15) is 0 Å². The number of carbonyl (C=O) groups excluding carboxylic acids is 1. The number of hydrogen-bond acceptors (Lipinski definition) is 2. The molecule has 1 aromatic carbocycles. The minimum Gasteiger partial charge on any atom is -0.369 e. The first-order valence-electron chi connectivity index (χ1n) is 3.78. The van der Waals surface area contributed by atoms with Crippen LogP contribution in [0.1, 0.15) is 27.7 Å². The van der Waals surface area contributed by atoms with Crippen LogP contribution in [-0.2, 0) is 0 Å². The van der Waals surface area contributed by atoms with Crippen LogP contribution in [0.15, 0.2) is 18.2 Å². The van der Waals surface area contributed by atoms with Crippen molar-refractivity contribution in [3.05, 3.63) is 34.9 Å². The van der Waals surface area contributed by atoms with Crippen molar-refractivity contribution in [2.45, 2.75) is 13.2 Å². The third kappa shape index (κ3) is 0.905. The average molecular weight is 163 g/mol.